The zero-order valence-electron chi connectivity index (χ0n) is 17.9. The molecule has 0 aliphatic carbocycles. The molecule has 1 aliphatic heterocycles. The van der Waals surface area contributed by atoms with Crippen LogP contribution in [0.25, 0.3) is 16.2 Å². The Kier molecular flexibility index (Phi) is 5.76. The van der Waals surface area contributed by atoms with Gasteiger partial charge >= 0.3 is 5.97 Å². The van der Waals surface area contributed by atoms with Gasteiger partial charge in [-0.1, -0.05) is 0 Å². The first-order valence-electron chi connectivity index (χ1n) is 10.5. The Morgan fingerprint density at radius 2 is 2.00 bits per heavy atom. The molecule has 0 atom stereocenters. The predicted molar refractivity (Wildman–Crippen MR) is 121 cm³/mol. The number of hydrogen-bond acceptors (Lipinski definition) is 9. The number of carboxylic acid groups (broad SMARTS) is 1. The number of hydrogen-bond donors (Lipinski definition) is 1. The van der Waals surface area contributed by atoms with Crippen LogP contribution in [0.3, 0.4) is 0 Å². The third kappa shape index (κ3) is 4.14. The second kappa shape index (κ2) is 8.91. The van der Waals surface area contributed by atoms with Crippen LogP contribution in [0.4, 0.5) is 14.6 Å². The van der Waals surface area contributed by atoms with Crippen molar-refractivity contribution < 1.29 is 23.5 Å². The predicted octanol–water partition coefficient (Wildman–Crippen LogP) is 2.25. The number of carboxylic acids is 1. The Hall–Kier alpha value is -4.13. The van der Waals surface area contributed by atoms with E-state index in [4.69, 9.17) is 0 Å². The van der Waals surface area contributed by atoms with E-state index in [9.17, 15) is 28.3 Å². The highest BCUT2D eigenvalue weighted by molar-refractivity contribution is 7.08. The minimum Gasteiger partial charge on any atom is -0.477 e. The highest BCUT2D eigenvalue weighted by Gasteiger charge is 2.35. The van der Waals surface area contributed by atoms with Crippen LogP contribution < -0.4 is 10.3 Å². The van der Waals surface area contributed by atoms with Gasteiger partial charge in [-0.15, -0.1) is 0 Å². The molecular formula is C22H16F2N6O4S. The zero-order valence-corrected chi connectivity index (χ0v) is 18.7. The van der Waals surface area contributed by atoms with Crippen molar-refractivity contribution in [2.24, 2.45) is 5.92 Å². The van der Waals surface area contributed by atoms with Crippen LogP contribution in [-0.4, -0.2) is 53.8 Å². The van der Waals surface area contributed by atoms with Crippen LogP contribution in [0, 0.1) is 17.6 Å². The van der Waals surface area contributed by atoms with Crippen molar-refractivity contribution in [3.8, 4) is 5.13 Å². The Balaban J connectivity index is 1.40. The van der Waals surface area contributed by atoms with Crippen molar-refractivity contribution in [3.05, 3.63) is 70.0 Å². The summed E-state index contributed by atoms with van der Waals surface area (Å²) in [6.45, 7) is 0.407. The molecule has 0 aromatic carbocycles. The third-order valence-corrected chi connectivity index (χ3v) is 6.44. The SMILES string of the molecule is O=C(O)c1cn(-c2ncns2)c2nc(N3CC(C(=O)CCc4ncccc4F)C3)c(F)cc2c1=O. The topological polar surface area (TPSA) is 131 Å². The molecule has 4 aromatic rings. The lowest BCUT2D eigenvalue weighted by atomic mass is 9.92. The molecule has 0 bridgehead atoms. The molecule has 0 spiro atoms. The van der Waals surface area contributed by atoms with Gasteiger partial charge in [0.1, 0.15) is 23.5 Å². The van der Waals surface area contributed by atoms with Gasteiger partial charge in [-0.3, -0.25) is 19.1 Å². The number of carbonyl (C=O) groups excluding carboxylic acids is 1. The van der Waals surface area contributed by atoms with Crippen LogP contribution in [0.1, 0.15) is 22.5 Å². The van der Waals surface area contributed by atoms with Crippen molar-refractivity contribution >= 4 is 40.1 Å². The fourth-order valence-corrected chi connectivity index (χ4v) is 4.42. The summed E-state index contributed by atoms with van der Waals surface area (Å²) in [4.78, 5) is 50.5. The summed E-state index contributed by atoms with van der Waals surface area (Å²) in [5.41, 5.74) is -1.19. The molecule has 178 valence electrons. The molecule has 0 amide bonds. The summed E-state index contributed by atoms with van der Waals surface area (Å²) in [7, 11) is 0. The summed E-state index contributed by atoms with van der Waals surface area (Å²) >= 11 is 0.947. The Morgan fingerprint density at radius 1 is 1.20 bits per heavy atom. The van der Waals surface area contributed by atoms with E-state index in [0.29, 0.717) is 0 Å². The largest absolute Gasteiger partial charge is 0.477 e. The molecule has 1 aliphatic rings. The van der Waals surface area contributed by atoms with E-state index in [1.54, 1.807) is 4.90 Å². The molecule has 1 saturated heterocycles. The van der Waals surface area contributed by atoms with Crippen molar-refractivity contribution in [2.75, 3.05) is 18.0 Å². The number of aryl methyl sites for hydroxylation is 1. The first-order valence-corrected chi connectivity index (χ1v) is 11.2. The lowest BCUT2D eigenvalue weighted by Gasteiger charge is -2.39. The first kappa shape index (κ1) is 22.7. The number of anilines is 1. The van der Waals surface area contributed by atoms with Gasteiger partial charge in [0.15, 0.2) is 17.3 Å². The second-order valence-corrected chi connectivity index (χ2v) is 8.69. The third-order valence-electron chi connectivity index (χ3n) is 5.78. The highest BCUT2D eigenvalue weighted by Crippen LogP contribution is 2.29. The monoisotopic (exact) mass is 498 g/mol. The summed E-state index contributed by atoms with van der Waals surface area (Å²) < 4.78 is 33.9. The van der Waals surface area contributed by atoms with Gasteiger partial charge in [0, 0.05) is 43.4 Å². The maximum absolute atomic E-state index is 15.0. The van der Waals surface area contributed by atoms with Crippen molar-refractivity contribution in [3.63, 3.8) is 0 Å². The molecule has 0 unspecified atom stereocenters. The lowest BCUT2D eigenvalue weighted by Crippen LogP contribution is -2.51. The summed E-state index contributed by atoms with van der Waals surface area (Å²) in [5, 5.41) is 9.43. The number of pyridine rings is 3. The lowest BCUT2D eigenvalue weighted by molar-refractivity contribution is -0.123. The maximum Gasteiger partial charge on any atom is 0.341 e. The van der Waals surface area contributed by atoms with E-state index in [2.05, 4.69) is 19.3 Å². The number of halogens is 2. The standard InChI is InChI=1S/C22H16F2N6O4S/c23-14-2-1-5-25-16(14)3-4-17(31)11-7-29(8-11)20-15(24)6-12-18(32)13(21(33)34)9-30(19(12)28-20)22-26-10-27-35-22/h1-2,5-6,9-11H,3-4,7-8H2,(H,33,34). The Morgan fingerprint density at radius 3 is 2.69 bits per heavy atom. The number of ketones is 1. The van der Waals surface area contributed by atoms with E-state index < -0.39 is 28.6 Å². The van der Waals surface area contributed by atoms with Gasteiger partial charge in [0.2, 0.25) is 10.6 Å². The molecular weight excluding hydrogens is 482 g/mol. The summed E-state index contributed by atoms with van der Waals surface area (Å²) in [6, 6.07) is 3.71. The van der Waals surface area contributed by atoms with E-state index in [1.165, 1.54) is 29.2 Å². The summed E-state index contributed by atoms with van der Waals surface area (Å²) in [6.07, 6.45) is 4.08. The second-order valence-electron chi connectivity index (χ2n) is 7.94. The Bertz CT molecular complexity index is 1520. The number of nitrogens with zero attached hydrogens (tertiary/aromatic N) is 6. The number of Topliss-reactive ketones (excluding diaryl/α,β-unsaturated/α-hetero) is 1. The average Bonchev–Trinajstić information content (AvgIpc) is 3.33. The molecule has 10 nitrogen and oxygen atoms in total. The van der Waals surface area contributed by atoms with Crippen LogP contribution in [-0.2, 0) is 11.2 Å². The fraction of sp³-hybridized carbons (Fsp3) is 0.227. The van der Waals surface area contributed by atoms with Crippen molar-refractivity contribution in [1.29, 1.82) is 0 Å². The molecule has 5 heterocycles. The number of rotatable bonds is 7. The molecule has 35 heavy (non-hydrogen) atoms. The van der Waals surface area contributed by atoms with Crippen LogP contribution >= 0.6 is 11.5 Å². The smallest absolute Gasteiger partial charge is 0.341 e. The molecule has 0 radical (unpaired) electrons. The van der Waals surface area contributed by atoms with Crippen LogP contribution in [0.5, 0.6) is 0 Å². The number of aromatic nitrogens is 5. The van der Waals surface area contributed by atoms with Crippen molar-refractivity contribution in [2.45, 2.75) is 12.8 Å². The average molecular weight is 498 g/mol. The molecule has 4 aromatic heterocycles. The van der Waals surface area contributed by atoms with Gasteiger partial charge in [-0.2, -0.15) is 4.37 Å². The van der Waals surface area contributed by atoms with Gasteiger partial charge in [-0.05, 0) is 24.6 Å². The Labute approximate surface area is 199 Å². The minimum atomic E-state index is -1.46. The quantitative estimate of drug-likeness (QED) is 0.408. The first-order chi connectivity index (χ1) is 16.8. The maximum atomic E-state index is 15.0. The van der Waals surface area contributed by atoms with E-state index in [1.807, 2.05) is 0 Å². The van der Waals surface area contributed by atoms with E-state index in [-0.39, 0.29) is 65.3 Å². The molecule has 1 fully saturated rings. The zero-order chi connectivity index (χ0) is 24.7. The van der Waals surface area contributed by atoms with Gasteiger partial charge in [0.25, 0.3) is 0 Å². The fourth-order valence-electron chi connectivity index (χ4n) is 3.91. The normalized spacial score (nSPS) is 13.7. The molecule has 0 saturated carbocycles. The van der Waals surface area contributed by atoms with E-state index in [0.717, 1.165) is 23.8 Å². The highest BCUT2D eigenvalue weighted by atomic mass is 32.1. The number of carbonyl (C=O) groups is 2. The van der Waals surface area contributed by atoms with Gasteiger partial charge in [0.05, 0.1) is 17.0 Å². The van der Waals surface area contributed by atoms with Crippen LogP contribution in [0.2, 0.25) is 0 Å². The van der Waals surface area contributed by atoms with Crippen LogP contribution in [0.15, 0.2) is 41.7 Å². The number of aromatic carboxylic acids is 1. The number of fused-ring (bicyclic) bond motifs is 1. The summed E-state index contributed by atoms with van der Waals surface area (Å²) in [5.74, 6) is -3.29. The van der Waals surface area contributed by atoms with Gasteiger partial charge < -0.3 is 10.0 Å². The van der Waals surface area contributed by atoms with E-state index >= 15 is 0 Å². The van der Waals surface area contributed by atoms with Crippen molar-refractivity contribution in [1.82, 2.24) is 23.9 Å². The molecule has 5 rings (SSSR count). The van der Waals surface area contributed by atoms with Gasteiger partial charge in [-0.25, -0.2) is 23.5 Å². The molecule has 1 N–H and O–H groups in total. The minimum absolute atomic E-state index is 0.0218. The molecule has 13 heteroatoms.